The number of hydrogen-bond donors (Lipinski definition) is 1. The summed E-state index contributed by atoms with van der Waals surface area (Å²) in [4.78, 5) is 0. The molecule has 19 heavy (non-hydrogen) atoms. The SMILES string of the molecule is Cc1cccc(NC2CCCCC2C(F)(F)F)c1C. The van der Waals surface area contributed by atoms with Gasteiger partial charge < -0.3 is 5.32 Å². The average Bonchev–Trinajstić information content (AvgIpc) is 2.34. The van der Waals surface area contributed by atoms with Gasteiger partial charge >= 0.3 is 6.18 Å². The van der Waals surface area contributed by atoms with Crippen molar-refractivity contribution in [1.82, 2.24) is 0 Å². The Morgan fingerprint density at radius 2 is 1.79 bits per heavy atom. The first-order chi connectivity index (χ1) is 8.89. The molecule has 1 aliphatic rings. The molecule has 106 valence electrons. The van der Waals surface area contributed by atoms with Crippen molar-refractivity contribution in [2.24, 2.45) is 5.92 Å². The molecule has 1 N–H and O–H groups in total. The summed E-state index contributed by atoms with van der Waals surface area (Å²) in [6.45, 7) is 3.92. The molecule has 0 aromatic heterocycles. The standard InChI is InChI=1S/C15H20F3N/c1-10-6-5-9-13(11(10)2)19-14-8-4-3-7-12(14)15(16,17)18/h5-6,9,12,14,19H,3-4,7-8H2,1-2H3. The minimum Gasteiger partial charge on any atom is -0.381 e. The molecule has 0 bridgehead atoms. The smallest absolute Gasteiger partial charge is 0.381 e. The number of aryl methyl sites for hydroxylation is 1. The molecule has 1 aliphatic carbocycles. The Balaban J connectivity index is 2.18. The number of anilines is 1. The first-order valence-corrected chi connectivity index (χ1v) is 6.79. The molecule has 4 heteroatoms. The van der Waals surface area contributed by atoms with Crippen molar-refractivity contribution < 1.29 is 13.2 Å². The van der Waals surface area contributed by atoms with Crippen molar-refractivity contribution in [3.8, 4) is 0 Å². The predicted molar refractivity (Wildman–Crippen MR) is 71.3 cm³/mol. The van der Waals surface area contributed by atoms with Crippen LogP contribution in [0.1, 0.15) is 36.8 Å². The molecule has 0 spiro atoms. The van der Waals surface area contributed by atoms with Crippen molar-refractivity contribution >= 4 is 5.69 Å². The summed E-state index contributed by atoms with van der Waals surface area (Å²) in [5, 5.41) is 3.13. The summed E-state index contributed by atoms with van der Waals surface area (Å²) in [7, 11) is 0. The quantitative estimate of drug-likeness (QED) is 0.811. The Bertz CT molecular complexity index is 440. The van der Waals surface area contributed by atoms with Crippen LogP contribution in [0.5, 0.6) is 0 Å². The topological polar surface area (TPSA) is 12.0 Å². The van der Waals surface area contributed by atoms with Gasteiger partial charge in [-0.2, -0.15) is 13.2 Å². The first kappa shape index (κ1) is 14.2. The van der Waals surface area contributed by atoms with Gasteiger partial charge in [0.2, 0.25) is 0 Å². The summed E-state index contributed by atoms with van der Waals surface area (Å²) in [5.41, 5.74) is 2.97. The first-order valence-electron chi connectivity index (χ1n) is 6.79. The fourth-order valence-corrected chi connectivity index (χ4v) is 2.80. The van der Waals surface area contributed by atoms with Gasteiger partial charge in [-0.1, -0.05) is 25.0 Å². The molecule has 0 aliphatic heterocycles. The molecule has 1 nitrogen and oxygen atoms in total. The second-order valence-corrected chi connectivity index (χ2v) is 5.43. The van der Waals surface area contributed by atoms with Crippen LogP contribution in [0, 0.1) is 19.8 Å². The van der Waals surface area contributed by atoms with Gasteiger partial charge in [-0.25, -0.2) is 0 Å². The van der Waals surface area contributed by atoms with Crippen molar-refractivity contribution in [3.05, 3.63) is 29.3 Å². The molecule has 2 atom stereocenters. The molecule has 1 saturated carbocycles. The number of benzene rings is 1. The fourth-order valence-electron chi connectivity index (χ4n) is 2.80. The minimum atomic E-state index is -4.10. The van der Waals surface area contributed by atoms with Crippen LogP contribution in [0.25, 0.3) is 0 Å². The van der Waals surface area contributed by atoms with E-state index in [1.54, 1.807) is 0 Å². The Hall–Kier alpha value is -1.19. The molecule has 0 amide bonds. The van der Waals surface area contributed by atoms with Gasteiger partial charge in [-0.05, 0) is 43.9 Å². The van der Waals surface area contributed by atoms with E-state index in [1.165, 1.54) is 0 Å². The summed E-state index contributed by atoms with van der Waals surface area (Å²) in [6.07, 6.45) is -1.72. The second-order valence-electron chi connectivity index (χ2n) is 5.43. The third-order valence-corrected chi connectivity index (χ3v) is 4.13. The molecular formula is C15H20F3N. The van der Waals surface area contributed by atoms with Crippen molar-refractivity contribution in [2.75, 3.05) is 5.32 Å². The van der Waals surface area contributed by atoms with Crippen molar-refractivity contribution in [2.45, 2.75) is 51.7 Å². The van der Waals surface area contributed by atoms with Gasteiger partial charge in [0.1, 0.15) is 0 Å². The van der Waals surface area contributed by atoms with E-state index < -0.39 is 18.1 Å². The summed E-state index contributed by atoms with van der Waals surface area (Å²) >= 11 is 0. The van der Waals surface area contributed by atoms with Crippen LogP contribution in [0.4, 0.5) is 18.9 Å². The molecule has 0 saturated heterocycles. The molecular weight excluding hydrogens is 251 g/mol. The van der Waals surface area contributed by atoms with Crippen LogP contribution in [0.15, 0.2) is 18.2 Å². The monoisotopic (exact) mass is 271 g/mol. The Kier molecular flexibility index (Phi) is 4.07. The highest BCUT2D eigenvalue weighted by Crippen LogP contribution is 2.39. The van der Waals surface area contributed by atoms with E-state index in [0.717, 1.165) is 23.2 Å². The van der Waals surface area contributed by atoms with Gasteiger partial charge in [0.15, 0.2) is 0 Å². The van der Waals surface area contributed by atoms with Crippen molar-refractivity contribution in [3.63, 3.8) is 0 Å². The van der Waals surface area contributed by atoms with Gasteiger partial charge in [-0.15, -0.1) is 0 Å². The molecule has 1 aromatic carbocycles. The van der Waals surface area contributed by atoms with E-state index in [0.29, 0.717) is 12.8 Å². The van der Waals surface area contributed by atoms with Crippen LogP contribution in [-0.2, 0) is 0 Å². The van der Waals surface area contributed by atoms with E-state index in [4.69, 9.17) is 0 Å². The predicted octanol–water partition coefficient (Wildman–Crippen LogP) is 4.84. The third kappa shape index (κ3) is 3.23. The zero-order valence-corrected chi connectivity index (χ0v) is 11.3. The normalized spacial score (nSPS) is 24.3. The molecule has 2 rings (SSSR count). The van der Waals surface area contributed by atoms with E-state index >= 15 is 0 Å². The van der Waals surface area contributed by atoms with E-state index in [-0.39, 0.29) is 6.42 Å². The Morgan fingerprint density at radius 3 is 2.47 bits per heavy atom. The zero-order chi connectivity index (χ0) is 14.0. The number of rotatable bonds is 2. The second kappa shape index (κ2) is 5.43. The molecule has 2 unspecified atom stereocenters. The maximum absolute atomic E-state index is 13.0. The highest BCUT2D eigenvalue weighted by Gasteiger charge is 2.45. The van der Waals surface area contributed by atoms with Gasteiger partial charge in [-0.3, -0.25) is 0 Å². The lowest BCUT2D eigenvalue weighted by atomic mass is 9.83. The number of alkyl halides is 3. The van der Waals surface area contributed by atoms with E-state index in [1.807, 2.05) is 32.0 Å². The van der Waals surface area contributed by atoms with E-state index in [2.05, 4.69) is 5.32 Å². The molecule has 0 radical (unpaired) electrons. The van der Waals surface area contributed by atoms with Gasteiger partial charge in [0, 0.05) is 11.7 Å². The van der Waals surface area contributed by atoms with Gasteiger partial charge in [0.05, 0.1) is 5.92 Å². The highest BCUT2D eigenvalue weighted by atomic mass is 19.4. The third-order valence-electron chi connectivity index (χ3n) is 4.13. The van der Waals surface area contributed by atoms with Gasteiger partial charge in [0.25, 0.3) is 0 Å². The fraction of sp³-hybridized carbons (Fsp3) is 0.600. The van der Waals surface area contributed by atoms with Crippen molar-refractivity contribution in [1.29, 1.82) is 0 Å². The number of hydrogen-bond acceptors (Lipinski definition) is 1. The van der Waals surface area contributed by atoms with Crippen LogP contribution < -0.4 is 5.32 Å². The number of halogens is 3. The lowest BCUT2D eigenvalue weighted by Crippen LogP contribution is -2.41. The maximum Gasteiger partial charge on any atom is 0.393 e. The highest BCUT2D eigenvalue weighted by molar-refractivity contribution is 5.54. The van der Waals surface area contributed by atoms with Crippen LogP contribution in [0.2, 0.25) is 0 Å². The van der Waals surface area contributed by atoms with E-state index in [9.17, 15) is 13.2 Å². The maximum atomic E-state index is 13.0. The van der Waals surface area contributed by atoms with Crippen LogP contribution in [0.3, 0.4) is 0 Å². The number of nitrogens with one attached hydrogen (secondary N) is 1. The molecule has 0 heterocycles. The molecule has 1 aromatic rings. The lowest BCUT2D eigenvalue weighted by Gasteiger charge is -2.34. The van der Waals surface area contributed by atoms with Crippen LogP contribution >= 0.6 is 0 Å². The Morgan fingerprint density at radius 1 is 1.11 bits per heavy atom. The summed E-state index contributed by atoms with van der Waals surface area (Å²) in [5.74, 6) is -1.22. The zero-order valence-electron chi connectivity index (χ0n) is 11.3. The largest absolute Gasteiger partial charge is 0.393 e. The average molecular weight is 271 g/mol. The minimum absolute atomic E-state index is 0.242. The molecule has 1 fully saturated rings. The van der Waals surface area contributed by atoms with Crippen LogP contribution in [-0.4, -0.2) is 12.2 Å². The summed E-state index contributed by atoms with van der Waals surface area (Å²) < 4.78 is 39.1. The lowest BCUT2D eigenvalue weighted by molar-refractivity contribution is -0.184. The Labute approximate surface area is 112 Å². The summed E-state index contributed by atoms with van der Waals surface area (Å²) in [6, 6.07) is 5.23.